The molecule has 0 radical (unpaired) electrons. The van der Waals surface area contributed by atoms with Gasteiger partial charge in [0.15, 0.2) is 0 Å². The number of ether oxygens (including phenoxy) is 1. The second-order valence-corrected chi connectivity index (χ2v) is 8.53. The minimum absolute atomic E-state index is 0.359. The van der Waals surface area contributed by atoms with Gasteiger partial charge in [-0.2, -0.15) is 0 Å². The Kier molecular flexibility index (Phi) is 4.59. The van der Waals surface area contributed by atoms with Crippen LogP contribution in [0.4, 0.5) is 11.5 Å². The molecule has 2 heterocycles. The summed E-state index contributed by atoms with van der Waals surface area (Å²) < 4.78 is 6.55. The number of anilines is 2. The predicted molar refractivity (Wildman–Crippen MR) is 116 cm³/mol. The Hall–Kier alpha value is -2.34. The van der Waals surface area contributed by atoms with Gasteiger partial charge in [0, 0.05) is 34.9 Å². The normalized spacial score (nSPS) is 19.2. The maximum Gasteiger partial charge on any atom is 0.141 e. The first kappa shape index (κ1) is 17.7. The molecule has 2 aliphatic rings. The number of hydrogen-bond acceptors (Lipinski definition) is 5. The Morgan fingerprint density at radius 3 is 2.79 bits per heavy atom. The lowest BCUT2D eigenvalue weighted by molar-refractivity contribution is 0.416. The molecule has 6 heteroatoms. The molecule has 1 atom stereocenters. The van der Waals surface area contributed by atoms with E-state index in [2.05, 4.69) is 50.4 Å². The lowest BCUT2D eigenvalue weighted by Crippen LogP contribution is -2.27. The van der Waals surface area contributed by atoms with E-state index in [4.69, 9.17) is 14.7 Å². The molecular weight excluding hydrogens is 416 g/mol. The molecule has 2 aromatic carbocycles. The van der Waals surface area contributed by atoms with Crippen molar-refractivity contribution in [1.29, 1.82) is 0 Å². The Bertz CT molecular complexity index is 1020. The Labute approximate surface area is 173 Å². The standard InChI is InChI=1S/C22H23BrN4O/c1-28-20-5-3-2-4-19(20)24-16-10-11-27(13-16)22-17-12-15(23)8-9-18(17)25-21(26-22)14-6-7-14/h2-5,8-9,12,14,16,24H,6-7,10-11,13H2,1H3/t16-/m1/s1. The van der Waals surface area contributed by atoms with Crippen LogP contribution in [0.5, 0.6) is 5.75 Å². The molecular formula is C22H23BrN4O. The zero-order valence-electron chi connectivity index (χ0n) is 15.9. The van der Waals surface area contributed by atoms with E-state index in [9.17, 15) is 0 Å². The molecule has 0 bridgehead atoms. The van der Waals surface area contributed by atoms with Crippen molar-refractivity contribution in [2.24, 2.45) is 0 Å². The van der Waals surface area contributed by atoms with Crippen molar-refractivity contribution in [2.75, 3.05) is 30.4 Å². The molecule has 5 rings (SSSR count). The molecule has 5 nitrogen and oxygen atoms in total. The summed E-state index contributed by atoms with van der Waals surface area (Å²) in [5.41, 5.74) is 2.09. The highest BCUT2D eigenvalue weighted by Crippen LogP contribution is 2.40. The number of methoxy groups -OCH3 is 1. The van der Waals surface area contributed by atoms with Gasteiger partial charge in [-0.3, -0.25) is 0 Å². The largest absolute Gasteiger partial charge is 0.495 e. The summed E-state index contributed by atoms with van der Waals surface area (Å²) >= 11 is 3.61. The van der Waals surface area contributed by atoms with Crippen LogP contribution in [0.15, 0.2) is 46.9 Å². The summed E-state index contributed by atoms with van der Waals surface area (Å²) in [5.74, 6) is 3.49. The van der Waals surface area contributed by atoms with E-state index in [1.807, 2.05) is 18.2 Å². The summed E-state index contributed by atoms with van der Waals surface area (Å²) in [5, 5.41) is 4.77. The van der Waals surface area contributed by atoms with Crippen LogP contribution in [0.3, 0.4) is 0 Å². The highest BCUT2D eigenvalue weighted by molar-refractivity contribution is 9.10. The fourth-order valence-corrected chi connectivity index (χ4v) is 4.28. The fourth-order valence-electron chi connectivity index (χ4n) is 3.92. The number of aromatic nitrogens is 2. The van der Waals surface area contributed by atoms with Crippen LogP contribution in [0, 0.1) is 0 Å². The Morgan fingerprint density at radius 1 is 1.11 bits per heavy atom. The number of fused-ring (bicyclic) bond motifs is 1. The van der Waals surface area contributed by atoms with Crippen molar-refractivity contribution in [3.8, 4) is 5.75 Å². The summed E-state index contributed by atoms with van der Waals surface area (Å²) in [6, 6.07) is 14.8. The van der Waals surface area contributed by atoms with E-state index in [0.717, 1.165) is 58.0 Å². The van der Waals surface area contributed by atoms with Crippen molar-refractivity contribution in [2.45, 2.75) is 31.2 Å². The number of rotatable bonds is 5. The van der Waals surface area contributed by atoms with E-state index in [1.54, 1.807) is 7.11 Å². The van der Waals surface area contributed by atoms with Crippen LogP contribution in [0.2, 0.25) is 0 Å². The minimum atomic E-state index is 0.359. The number of hydrogen-bond donors (Lipinski definition) is 1. The minimum Gasteiger partial charge on any atom is -0.495 e. The highest BCUT2D eigenvalue weighted by Gasteiger charge is 2.30. The van der Waals surface area contributed by atoms with Gasteiger partial charge in [-0.25, -0.2) is 9.97 Å². The first-order chi connectivity index (χ1) is 13.7. The second-order valence-electron chi connectivity index (χ2n) is 7.62. The van der Waals surface area contributed by atoms with Crippen molar-refractivity contribution < 1.29 is 4.74 Å². The quantitative estimate of drug-likeness (QED) is 0.609. The van der Waals surface area contributed by atoms with Crippen molar-refractivity contribution >= 4 is 38.3 Å². The van der Waals surface area contributed by atoms with Crippen LogP contribution in [-0.2, 0) is 0 Å². The van der Waals surface area contributed by atoms with Gasteiger partial charge in [0.25, 0.3) is 0 Å². The van der Waals surface area contributed by atoms with Gasteiger partial charge in [-0.05, 0) is 49.6 Å². The molecule has 1 saturated carbocycles. The van der Waals surface area contributed by atoms with E-state index < -0.39 is 0 Å². The van der Waals surface area contributed by atoms with Gasteiger partial charge in [0.2, 0.25) is 0 Å². The third-order valence-corrected chi connectivity index (χ3v) is 6.05. The number of para-hydroxylation sites is 2. The van der Waals surface area contributed by atoms with Gasteiger partial charge in [-0.1, -0.05) is 28.1 Å². The van der Waals surface area contributed by atoms with Crippen LogP contribution in [-0.4, -0.2) is 36.2 Å². The SMILES string of the molecule is COc1ccccc1N[C@@H]1CCN(c2nc(C3CC3)nc3ccc(Br)cc23)C1. The predicted octanol–water partition coefficient (Wildman–Crippen LogP) is 4.97. The summed E-state index contributed by atoms with van der Waals surface area (Å²) in [6.45, 7) is 1.90. The average Bonchev–Trinajstić information content (AvgIpc) is 3.47. The molecule has 28 heavy (non-hydrogen) atoms. The molecule has 0 spiro atoms. The first-order valence-electron chi connectivity index (χ1n) is 9.83. The highest BCUT2D eigenvalue weighted by atomic mass is 79.9. The zero-order valence-corrected chi connectivity index (χ0v) is 17.4. The fraction of sp³-hybridized carbons (Fsp3) is 0.364. The molecule has 1 aliphatic carbocycles. The van der Waals surface area contributed by atoms with Crippen molar-refractivity contribution in [1.82, 2.24) is 9.97 Å². The monoisotopic (exact) mass is 438 g/mol. The van der Waals surface area contributed by atoms with Gasteiger partial charge in [-0.15, -0.1) is 0 Å². The number of benzene rings is 2. The van der Waals surface area contributed by atoms with Gasteiger partial charge < -0.3 is 15.0 Å². The molecule has 2 fully saturated rings. The van der Waals surface area contributed by atoms with Crippen LogP contribution < -0.4 is 15.0 Å². The lowest BCUT2D eigenvalue weighted by Gasteiger charge is -2.21. The van der Waals surface area contributed by atoms with Gasteiger partial charge >= 0.3 is 0 Å². The van der Waals surface area contributed by atoms with Gasteiger partial charge in [0.1, 0.15) is 17.4 Å². The third-order valence-electron chi connectivity index (χ3n) is 5.55. The van der Waals surface area contributed by atoms with E-state index in [0.29, 0.717) is 12.0 Å². The average molecular weight is 439 g/mol. The lowest BCUT2D eigenvalue weighted by atomic mass is 10.2. The summed E-state index contributed by atoms with van der Waals surface area (Å²) in [6.07, 6.45) is 3.48. The molecule has 0 amide bonds. The molecule has 1 aromatic heterocycles. The number of nitrogens with one attached hydrogen (secondary N) is 1. The van der Waals surface area contributed by atoms with E-state index >= 15 is 0 Å². The van der Waals surface area contributed by atoms with Crippen molar-refractivity contribution in [3.05, 3.63) is 52.8 Å². The smallest absolute Gasteiger partial charge is 0.141 e. The van der Waals surface area contributed by atoms with E-state index in [1.165, 1.54) is 12.8 Å². The van der Waals surface area contributed by atoms with Crippen molar-refractivity contribution in [3.63, 3.8) is 0 Å². The molecule has 144 valence electrons. The number of halogens is 1. The summed E-state index contributed by atoms with van der Waals surface area (Å²) in [4.78, 5) is 12.2. The van der Waals surface area contributed by atoms with Crippen LogP contribution >= 0.6 is 15.9 Å². The summed E-state index contributed by atoms with van der Waals surface area (Å²) in [7, 11) is 1.71. The third kappa shape index (κ3) is 3.41. The molecule has 1 aliphatic heterocycles. The second kappa shape index (κ2) is 7.24. The zero-order chi connectivity index (χ0) is 19.1. The number of nitrogens with zero attached hydrogens (tertiary/aromatic N) is 3. The molecule has 1 saturated heterocycles. The van der Waals surface area contributed by atoms with Crippen LogP contribution in [0.25, 0.3) is 10.9 Å². The maximum absolute atomic E-state index is 5.49. The van der Waals surface area contributed by atoms with Crippen LogP contribution in [0.1, 0.15) is 31.0 Å². The van der Waals surface area contributed by atoms with E-state index in [-0.39, 0.29) is 0 Å². The first-order valence-corrected chi connectivity index (χ1v) is 10.6. The molecule has 1 N–H and O–H groups in total. The Morgan fingerprint density at radius 2 is 1.96 bits per heavy atom. The maximum atomic E-state index is 5.49. The Balaban J connectivity index is 1.43. The van der Waals surface area contributed by atoms with Gasteiger partial charge in [0.05, 0.1) is 18.3 Å². The molecule has 0 unspecified atom stereocenters. The molecule has 3 aromatic rings. The topological polar surface area (TPSA) is 50.3 Å².